The van der Waals surface area contributed by atoms with Crippen LogP contribution in [0.15, 0.2) is 61.2 Å². The Bertz CT molecular complexity index is 1530. The van der Waals surface area contributed by atoms with E-state index in [1.165, 1.54) is 40.3 Å². The van der Waals surface area contributed by atoms with Crippen molar-refractivity contribution in [1.29, 1.82) is 0 Å². The molecule has 0 aliphatic carbocycles. The maximum atomic E-state index is 13.6. The number of carbonyl (C=O) groups excluding carboxylic acids is 2. The monoisotopic (exact) mass is 550 g/mol. The molecule has 5 rings (SSSR count). The van der Waals surface area contributed by atoms with Crippen molar-refractivity contribution in [2.45, 2.75) is 19.5 Å². The number of amides is 3. The molecule has 2 N–H and O–H groups in total. The summed E-state index contributed by atoms with van der Waals surface area (Å²) in [5.41, 5.74) is 2.26. The summed E-state index contributed by atoms with van der Waals surface area (Å²) in [6.07, 6.45) is 2.23. The van der Waals surface area contributed by atoms with Gasteiger partial charge in [0.1, 0.15) is 23.9 Å². The molecule has 4 aromatic rings. The molecule has 0 saturated heterocycles. The Labute approximate surface area is 227 Å². The Morgan fingerprint density at radius 2 is 1.77 bits per heavy atom. The van der Waals surface area contributed by atoms with E-state index in [1.807, 2.05) is 11.6 Å². The molecule has 12 heteroatoms. The molecule has 39 heavy (non-hydrogen) atoms. The number of halogens is 2. The lowest BCUT2D eigenvalue weighted by Crippen LogP contribution is -2.43. The van der Waals surface area contributed by atoms with Crippen LogP contribution < -0.4 is 15.2 Å². The van der Waals surface area contributed by atoms with E-state index < -0.39 is 0 Å². The van der Waals surface area contributed by atoms with Gasteiger partial charge in [0, 0.05) is 30.6 Å². The molecule has 200 valence electrons. The summed E-state index contributed by atoms with van der Waals surface area (Å²) in [5.74, 6) is -0.193. The molecule has 1 aliphatic heterocycles. The lowest BCUT2D eigenvalue weighted by atomic mass is 10.1. The predicted molar refractivity (Wildman–Crippen MR) is 143 cm³/mol. The number of aromatic nitrogens is 4. The number of nitrogens with zero attached hydrogens (tertiary/aromatic N) is 5. The number of hydrogen-bond donors (Lipinski definition) is 2. The first kappa shape index (κ1) is 26.2. The zero-order valence-corrected chi connectivity index (χ0v) is 22.0. The topological polar surface area (TPSA) is 96.0 Å². The Hall–Kier alpha value is -4.45. The molecule has 1 aliphatic rings. The minimum atomic E-state index is -0.389. The van der Waals surface area contributed by atoms with Crippen LogP contribution in [0.4, 0.5) is 18.7 Å². The maximum absolute atomic E-state index is 13.6. The minimum Gasteiger partial charge on any atom is -0.335 e. The van der Waals surface area contributed by atoms with Gasteiger partial charge in [-0.25, -0.2) is 27.8 Å². The van der Waals surface area contributed by atoms with Gasteiger partial charge in [-0.3, -0.25) is 4.79 Å². The van der Waals surface area contributed by atoms with Gasteiger partial charge in [-0.2, -0.15) is 5.32 Å². The minimum absolute atomic E-state index is 0.0806. The van der Waals surface area contributed by atoms with Crippen LogP contribution >= 0.6 is 11.3 Å². The molecule has 0 spiro atoms. The summed E-state index contributed by atoms with van der Waals surface area (Å²) in [6, 6.07) is 11.2. The van der Waals surface area contributed by atoms with E-state index in [0.29, 0.717) is 54.0 Å². The van der Waals surface area contributed by atoms with Crippen LogP contribution in [0.2, 0.25) is 0 Å². The number of rotatable bonds is 7. The van der Waals surface area contributed by atoms with Crippen molar-refractivity contribution in [3.63, 3.8) is 0 Å². The molecule has 0 radical (unpaired) electrons. The molecule has 0 atom stereocenters. The second kappa shape index (κ2) is 11.1. The van der Waals surface area contributed by atoms with Gasteiger partial charge >= 0.3 is 11.2 Å². The second-order valence-electron chi connectivity index (χ2n) is 8.96. The van der Waals surface area contributed by atoms with Crippen LogP contribution in [0.3, 0.4) is 0 Å². The van der Waals surface area contributed by atoms with E-state index in [-0.39, 0.29) is 30.1 Å². The molecular formula is C27H26F2N7O2S+. The standard InChI is InChI=1S/C27H25F2N7O2S/c1-3-13-30-26(38)32-27-34(2)21-12-14-35(15-22(21)39-27)23(37)16-36-25(18-6-10-20(29)11-7-18)31-24(33-36)17-4-8-19(28)9-5-17/h3-11H,1,12-16H2,2H3,(H,30,38)/p+1. The maximum Gasteiger partial charge on any atom is 0.407 e. The SMILES string of the molecule is C=CCNC(=O)Nc1sc2c([n+]1C)CCN(C(=O)Cn1nc(-c3ccc(F)cc3)nc1-c1ccc(F)cc1)C2. The summed E-state index contributed by atoms with van der Waals surface area (Å²) in [4.78, 5) is 32.9. The average molecular weight is 551 g/mol. The summed E-state index contributed by atoms with van der Waals surface area (Å²) in [5, 5.41) is 10.7. The number of fused-ring (bicyclic) bond motifs is 1. The van der Waals surface area contributed by atoms with Gasteiger partial charge in [0.05, 0.1) is 18.5 Å². The number of hydrogen-bond acceptors (Lipinski definition) is 5. The molecule has 0 bridgehead atoms. The van der Waals surface area contributed by atoms with Crippen molar-refractivity contribution in [3.05, 3.63) is 83.4 Å². The van der Waals surface area contributed by atoms with Crippen molar-refractivity contribution in [2.75, 3.05) is 18.4 Å². The highest BCUT2D eigenvalue weighted by Crippen LogP contribution is 2.28. The Morgan fingerprint density at radius 3 is 2.44 bits per heavy atom. The Kier molecular flexibility index (Phi) is 7.46. The van der Waals surface area contributed by atoms with E-state index in [1.54, 1.807) is 35.2 Å². The summed E-state index contributed by atoms with van der Waals surface area (Å²) in [7, 11) is 1.89. The number of anilines is 1. The van der Waals surface area contributed by atoms with Gasteiger partial charge in [0.15, 0.2) is 11.6 Å². The smallest absolute Gasteiger partial charge is 0.335 e. The van der Waals surface area contributed by atoms with Crippen molar-refractivity contribution in [3.8, 4) is 22.8 Å². The van der Waals surface area contributed by atoms with Gasteiger partial charge in [0.25, 0.3) is 0 Å². The number of thiazole rings is 1. The van der Waals surface area contributed by atoms with E-state index in [9.17, 15) is 18.4 Å². The fourth-order valence-corrected chi connectivity index (χ4v) is 5.52. The zero-order chi connectivity index (χ0) is 27.5. The van der Waals surface area contributed by atoms with Crippen molar-refractivity contribution in [1.82, 2.24) is 25.0 Å². The normalized spacial score (nSPS) is 12.6. The molecule has 3 amide bonds. The molecule has 0 unspecified atom stereocenters. The second-order valence-corrected chi connectivity index (χ2v) is 10.0. The quantitative estimate of drug-likeness (QED) is 0.271. The Morgan fingerprint density at radius 1 is 1.10 bits per heavy atom. The number of nitrogens with one attached hydrogen (secondary N) is 2. The first-order valence-corrected chi connectivity index (χ1v) is 13.0. The zero-order valence-electron chi connectivity index (χ0n) is 21.2. The lowest BCUT2D eigenvalue weighted by molar-refractivity contribution is -0.661. The van der Waals surface area contributed by atoms with Gasteiger partial charge < -0.3 is 10.2 Å². The number of urea groups is 1. The van der Waals surface area contributed by atoms with Gasteiger partial charge in [-0.15, -0.1) is 11.7 Å². The third-order valence-corrected chi connectivity index (χ3v) is 7.53. The predicted octanol–water partition coefficient (Wildman–Crippen LogP) is 3.67. The van der Waals surface area contributed by atoms with Gasteiger partial charge in [0.2, 0.25) is 5.91 Å². The van der Waals surface area contributed by atoms with E-state index in [4.69, 9.17) is 0 Å². The lowest BCUT2D eigenvalue weighted by Gasteiger charge is -2.26. The first-order chi connectivity index (χ1) is 18.8. The van der Waals surface area contributed by atoms with Gasteiger partial charge in [-0.05, 0) is 59.9 Å². The summed E-state index contributed by atoms with van der Waals surface area (Å²) in [6.45, 7) is 4.76. The van der Waals surface area contributed by atoms with Crippen LogP contribution in [-0.2, 0) is 31.4 Å². The highest BCUT2D eigenvalue weighted by molar-refractivity contribution is 7.15. The highest BCUT2D eigenvalue weighted by Gasteiger charge is 2.30. The molecule has 2 aromatic heterocycles. The van der Waals surface area contributed by atoms with Crippen LogP contribution in [-0.4, -0.2) is 44.7 Å². The molecule has 0 fully saturated rings. The van der Waals surface area contributed by atoms with Crippen LogP contribution in [0.1, 0.15) is 10.6 Å². The molecular weight excluding hydrogens is 524 g/mol. The van der Waals surface area contributed by atoms with Crippen molar-refractivity contribution >= 4 is 28.4 Å². The molecule has 0 saturated carbocycles. The summed E-state index contributed by atoms with van der Waals surface area (Å²) < 4.78 is 30.5. The van der Waals surface area contributed by atoms with Crippen LogP contribution in [0, 0.1) is 11.6 Å². The van der Waals surface area contributed by atoms with E-state index in [2.05, 4.69) is 27.3 Å². The highest BCUT2D eigenvalue weighted by atomic mass is 32.1. The fraction of sp³-hybridized carbons (Fsp3) is 0.222. The third-order valence-electron chi connectivity index (χ3n) is 6.35. The van der Waals surface area contributed by atoms with E-state index >= 15 is 0 Å². The number of carbonyl (C=O) groups is 2. The fourth-order valence-electron chi connectivity index (χ4n) is 4.32. The first-order valence-electron chi connectivity index (χ1n) is 12.2. The molecule has 9 nitrogen and oxygen atoms in total. The largest absolute Gasteiger partial charge is 0.407 e. The molecule has 2 aromatic carbocycles. The van der Waals surface area contributed by atoms with E-state index in [0.717, 1.165) is 10.6 Å². The Balaban J connectivity index is 1.37. The van der Waals surface area contributed by atoms with Gasteiger partial charge in [-0.1, -0.05) is 6.08 Å². The summed E-state index contributed by atoms with van der Waals surface area (Å²) >= 11 is 1.43. The van der Waals surface area contributed by atoms with Crippen LogP contribution in [0.5, 0.6) is 0 Å². The number of benzene rings is 2. The van der Waals surface area contributed by atoms with Crippen molar-refractivity contribution in [2.24, 2.45) is 7.05 Å². The average Bonchev–Trinajstić information content (AvgIpc) is 3.48. The third kappa shape index (κ3) is 5.70. The van der Waals surface area contributed by atoms with Crippen LogP contribution in [0.25, 0.3) is 22.8 Å². The molecule has 3 heterocycles. The van der Waals surface area contributed by atoms with Crippen molar-refractivity contribution < 1.29 is 22.9 Å².